The highest BCUT2D eigenvalue weighted by Crippen LogP contribution is 2.53. The molecule has 176 valence electrons. The van der Waals surface area contributed by atoms with Crippen molar-refractivity contribution in [3.05, 3.63) is 144 Å². The summed E-state index contributed by atoms with van der Waals surface area (Å²) in [7, 11) is -3.34. The third kappa shape index (κ3) is 7.37. The van der Waals surface area contributed by atoms with Gasteiger partial charge in [-0.05, 0) is 41.0 Å². The lowest BCUT2D eigenvalue weighted by Crippen LogP contribution is -1.96. The zero-order valence-electron chi connectivity index (χ0n) is 18.9. The normalized spacial score (nSPS) is 13.7. The molecule has 0 spiro atoms. The smallest absolute Gasteiger partial charge is 0.216 e. The third-order valence-electron chi connectivity index (χ3n) is 5.12. The Morgan fingerprint density at radius 2 is 1.14 bits per heavy atom. The Morgan fingerprint density at radius 3 is 1.63 bits per heavy atom. The lowest BCUT2D eigenvalue weighted by Gasteiger charge is -2.16. The van der Waals surface area contributed by atoms with E-state index in [1.807, 2.05) is 115 Å². The van der Waals surface area contributed by atoms with E-state index >= 15 is 0 Å². The molecule has 0 heterocycles. The first-order valence-electron chi connectivity index (χ1n) is 11.0. The van der Waals surface area contributed by atoms with Gasteiger partial charge in [0.1, 0.15) is 12.4 Å². The number of hydrogen-bond acceptors (Lipinski definition) is 2. The molecule has 0 radical (unpaired) electrons. The van der Waals surface area contributed by atoms with Crippen molar-refractivity contribution in [1.82, 2.24) is 0 Å². The molecule has 0 fully saturated rings. The van der Waals surface area contributed by atoms with Crippen LogP contribution in [0, 0.1) is 0 Å². The van der Waals surface area contributed by atoms with Gasteiger partial charge in [0.15, 0.2) is 0 Å². The second-order valence-corrected chi connectivity index (χ2v) is 10.8. The van der Waals surface area contributed by atoms with Crippen LogP contribution in [0.25, 0.3) is 10.1 Å². The van der Waals surface area contributed by atoms with Crippen LogP contribution in [0.4, 0.5) is 5.69 Å². The van der Waals surface area contributed by atoms with Crippen LogP contribution in [-0.2, 0) is 11.2 Å². The Kier molecular flexibility index (Phi) is 8.50. The number of hydrogen-bond donors (Lipinski definition) is 1. The van der Waals surface area contributed by atoms with E-state index in [9.17, 15) is 4.57 Å². The van der Waals surface area contributed by atoms with E-state index in [1.165, 1.54) is 11.6 Å². The molecule has 0 saturated heterocycles. The lowest BCUT2D eigenvalue weighted by atomic mass is 10.2. The number of halogens is 2. The summed E-state index contributed by atoms with van der Waals surface area (Å²) < 4.78 is 19.9. The Bertz CT molecular complexity index is 1280. The van der Waals surface area contributed by atoms with Crippen molar-refractivity contribution in [2.24, 2.45) is 0 Å². The van der Waals surface area contributed by atoms with Crippen molar-refractivity contribution in [2.75, 3.05) is 5.09 Å². The Balaban J connectivity index is 1.58. The summed E-state index contributed by atoms with van der Waals surface area (Å²) in [6, 6.07) is 36.0. The van der Waals surface area contributed by atoms with Crippen LogP contribution in [0.3, 0.4) is 0 Å². The van der Waals surface area contributed by atoms with E-state index in [2.05, 4.69) is 5.09 Å². The molecule has 0 aliphatic heterocycles. The summed E-state index contributed by atoms with van der Waals surface area (Å²) in [6.45, 7) is 0.469. The third-order valence-corrected chi connectivity index (χ3v) is 7.97. The van der Waals surface area contributed by atoms with Gasteiger partial charge in [-0.25, -0.2) is 0 Å². The lowest BCUT2D eigenvalue weighted by molar-refractivity contribution is 0.306. The van der Waals surface area contributed by atoms with E-state index in [4.69, 9.17) is 27.9 Å². The van der Waals surface area contributed by atoms with Gasteiger partial charge in [0.25, 0.3) is 0 Å². The summed E-state index contributed by atoms with van der Waals surface area (Å²) in [5.41, 5.74) is 3.28. The van der Waals surface area contributed by atoms with Crippen molar-refractivity contribution >= 4 is 46.2 Å². The fourth-order valence-corrected chi connectivity index (χ4v) is 6.20. The highest BCUT2D eigenvalue weighted by Gasteiger charge is 2.19. The highest BCUT2D eigenvalue weighted by molar-refractivity contribution is 7.72. The van der Waals surface area contributed by atoms with E-state index in [0.29, 0.717) is 28.1 Å². The highest BCUT2D eigenvalue weighted by atomic mass is 35.5. The zero-order chi connectivity index (χ0) is 24.5. The fourth-order valence-electron chi connectivity index (χ4n) is 3.35. The minimum Gasteiger partial charge on any atom is -0.489 e. The molecule has 0 aliphatic carbocycles. The van der Waals surface area contributed by atoms with Crippen LogP contribution in [0.15, 0.2) is 127 Å². The molecule has 4 aromatic carbocycles. The maximum absolute atomic E-state index is 14.1. The van der Waals surface area contributed by atoms with E-state index in [1.54, 1.807) is 0 Å². The minimum absolute atomic E-state index is 0.373. The van der Waals surface area contributed by atoms with E-state index in [0.717, 1.165) is 16.7 Å². The summed E-state index contributed by atoms with van der Waals surface area (Å²) in [5.74, 6) is 3.79. The van der Waals surface area contributed by atoms with Gasteiger partial charge in [-0.1, -0.05) is 114 Å². The molecule has 0 atom stereocenters. The number of ether oxygens (including phenoxy) is 1. The topological polar surface area (TPSA) is 38.3 Å². The van der Waals surface area contributed by atoms with Gasteiger partial charge in [0.2, 0.25) is 7.29 Å². The van der Waals surface area contributed by atoms with Gasteiger partial charge in [0, 0.05) is 17.3 Å². The molecule has 0 amide bonds. The standard InChI is InChI=1S/C29H24Cl2NO2P/c30-28(24-12-6-2-7-13-24)21-35(33,22-29(31)25-14-8-3-9-15-25)32-26-16-18-27(19-17-26)34-20-23-10-4-1-5-11-23/h1-19,21-22H,20H2,(H,32,33). The molecule has 35 heavy (non-hydrogen) atoms. The molecule has 3 nitrogen and oxygen atoms in total. The average Bonchev–Trinajstić information content (AvgIpc) is 2.89. The predicted octanol–water partition coefficient (Wildman–Crippen LogP) is 9.43. The summed E-state index contributed by atoms with van der Waals surface area (Å²) >= 11 is 13.1. The molecule has 0 unspecified atom stereocenters. The number of rotatable bonds is 9. The zero-order valence-corrected chi connectivity index (χ0v) is 21.3. The first kappa shape index (κ1) is 24.9. The molecule has 6 heteroatoms. The Hall–Kier alpha value is -3.23. The SMILES string of the molecule is O=P(C=C(Cl)c1ccccc1)(C=C(Cl)c1ccccc1)Nc1ccc(OCc2ccccc2)cc1. The van der Waals surface area contributed by atoms with Crippen molar-refractivity contribution in [3.8, 4) is 5.75 Å². The fraction of sp³-hybridized carbons (Fsp3) is 0.0345. The van der Waals surface area contributed by atoms with Crippen LogP contribution < -0.4 is 9.82 Å². The number of anilines is 1. The van der Waals surface area contributed by atoms with Crippen LogP contribution in [0.2, 0.25) is 0 Å². The van der Waals surface area contributed by atoms with Crippen LogP contribution in [0.1, 0.15) is 16.7 Å². The Morgan fingerprint density at radius 1 is 0.686 bits per heavy atom. The van der Waals surface area contributed by atoms with Crippen LogP contribution >= 0.6 is 30.5 Å². The minimum atomic E-state index is -3.34. The predicted molar refractivity (Wildman–Crippen MR) is 149 cm³/mol. The van der Waals surface area contributed by atoms with Crippen LogP contribution in [-0.4, -0.2) is 0 Å². The largest absolute Gasteiger partial charge is 0.489 e. The van der Waals surface area contributed by atoms with Crippen LogP contribution in [0.5, 0.6) is 5.75 Å². The van der Waals surface area contributed by atoms with Gasteiger partial charge in [-0.2, -0.15) is 0 Å². The number of nitrogens with one attached hydrogen (secondary N) is 1. The second kappa shape index (κ2) is 12.0. The van der Waals surface area contributed by atoms with Gasteiger partial charge in [-0.15, -0.1) is 0 Å². The molecular weight excluding hydrogens is 496 g/mol. The first-order valence-corrected chi connectivity index (χ1v) is 13.6. The van der Waals surface area contributed by atoms with E-state index < -0.39 is 7.29 Å². The van der Waals surface area contributed by atoms with Gasteiger partial charge in [0.05, 0.1) is 10.1 Å². The molecular formula is C29H24Cl2NO2P. The van der Waals surface area contributed by atoms with Gasteiger partial charge >= 0.3 is 0 Å². The second-order valence-electron chi connectivity index (χ2n) is 7.81. The van der Waals surface area contributed by atoms with Crippen molar-refractivity contribution < 1.29 is 9.30 Å². The maximum atomic E-state index is 14.1. The molecule has 4 aromatic rings. The molecule has 0 aliphatic rings. The van der Waals surface area contributed by atoms with Gasteiger partial charge < -0.3 is 9.82 Å². The average molecular weight is 520 g/mol. The van der Waals surface area contributed by atoms with Gasteiger partial charge in [-0.3, -0.25) is 4.57 Å². The maximum Gasteiger partial charge on any atom is 0.216 e. The molecule has 4 rings (SSSR count). The summed E-state index contributed by atoms with van der Waals surface area (Å²) in [4.78, 5) is 0. The van der Waals surface area contributed by atoms with E-state index in [-0.39, 0.29) is 0 Å². The quantitative estimate of drug-likeness (QED) is 0.224. The molecule has 0 aromatic heterocycles. The van der Waals surface area contributed by atoms with Crippen molar-refractivity contribution in [1.29, 1.82) is 0 Å². The first-order chi connectivity index (χ1) is 17.0. The Labute approximate surface area is 216 Å². The monoisotopic (exact) mass is 519 g/mol. The number of benzene rings is 4. The summed E-state index contributed by atoms with van der Waals surface area (Å²) in [5, 5.41) is 3.88. The van der Waals surface area contributed by atoms with Crippen molar-refractivity contribution in [2.45, 2.75) is 6.61 Å². The summed E-state index contributed by atoms with van der Waals surface area (Å²) in [6.07, 6.45) is 0. The molecule has 0 saturated carbocycles. The molecule has 0 bridgehead atoms. The molecule has 1 N–H and O–H groups in total. The van der Waals surface area contributed by atoms with Crippen molar-refractivity contribution in [3.63, 3.8) is 0 Å².